The lowest BCUT2D eigenvalue weighted by Crippen LogP contribution is -2.38. The van der Waals surface area contributed by atoms with E-state index in [1.54, 1.807) is 25.4 Å². The van der Waals surface area contributed by atoms with Gasteiger partial charge in [-0.25, -0.2) is 13.1 Å². The second-order valence-corrected chi connectivity index (χ2v) is 21.3. The molecule has 8 rings (SSSR count). The molecule has 4 heterocycles. The van der Waals surface area contributed by atoms with E-state index in [-0.39, 0.29) is 29.5 Å². The van der Waals surface area contributed by atoms with Crippen molar-refractivity contribution in [3.63, 3.8) is 0 Å². The highest BCUT2D eigenvalue weighted by Crippen LogP contribution is 2.37. The summed E-state index contributed by atoms with van der Waals surface area (Å²) in [7, 11) is -0.851. The SMILES string of the molecule is COCCNC(=O)/C(C#N)=C(\C)c1ccc(-c2ccc3cc(NCCN4CCOCC4)ccc3c2)s1.COCCNS(=O)(=O)/C(C#N)=C(\C)c1ccc(-c2ccc3cc(NCCN4CCOCC4)ccc3c2)s1. The molecule has 73 heavy (non-hydrogen) atoms. The number of ether oxygens (including phenoxy) is 4. The third-order valence-electron chi connectivity index (χ3n) is 12.5. The van der Waals surface area contributed by atoms with E-state index in [1.807, 2.05) is 37.3 Å². The second-order valence-electron chi connectivity index (χ2n) is 17.5. The topological polar surface area (TPSA) is 190 Å². The van der Waals surface area contributed by atoms with Gasteiger partial charge in [0.2, 0.25) is 0 Å². The number of rotatable bonds is 21. The predicted molar refractivity (Wildman–Crippen MR) is 296 cm³/mol. The van der Waals surface area contributed by atoms with Crippen molar-refractivity contribution in [3.05, 3.63) is 117 Å². The molecule has 4 N–H and O–H groups in total. The number of nitriles is 2. The number of hydrogen-bond acceptors (Lipinski definition) is 15. The molecule has 0 spiro atoms. The summed E-state index contributed by atoms with van der Waals surface area (Å²) in [5, 5.41) is 33.5. The van der Waals surface area contributed by atoms with Crippen LogP contribution in [0, 0.1) is 22.7 Å². The molecule has 2 aliphatic rings. The number of amides is 1. The van der Waals surface area contributed by atoms with E-state index >= 15 is 0 Å². The Balaban J connectivity index is 0.000000214. The van der Waals surface area contributed by atoms with E-state index in [2.05, 4.69) is 109 Å². The number of thiophene rings is 2. The summed E-state index contributed by atoms with van der Waals surface area (Å²) in [6.07, 6.45) is 0. The molecule has 0 atom stereocenters. The third-order valence-corrected chi connectivity index (χ3v) is 16.6. The summed E-state index contributed by atoms with van der Waals surface area (Å²) in [6.45, 7) is 15.6. The smallest absolute Gasteiger partial charge is 0.262 e. The van der Waals surface area contributed by atoms with Crippen LogP contribution in [0.25, 0.3) is 53.6 Å². The van der Waals surface area contributed by atoms with E-state index in [1.165, 1.54) is 29.2 Å². The van der Waals surface area contributed by atoms with Crippen molar-refractivity contribution in [1.29, 1.82) is 10.5 Å². The van der Waals surface area contributed by atoms with Gasteiger partial charge in [-0.05, 0) is 118 Å². The molecular weight excluding hydrogens is 981 g/mol. The minimum Gasteiger partial charge on any atom is -0.384 e. The van der Waals surface area contributed by atoms with E-state index in [4.69, 9.17) is 18.9 Å². The van der Waals surface area contributed by atoms with Crippen molar-refractivity contribution in [2.75, 3.05) is 130 Å². The number of nitrogens with one attached hydrogen (secondary N) is 4. The Morgan fingerprint density at radius 1 is 0.616 bits per heavy atom. The van der Waals surface area contributed by atoms with Crippen LogP contribution in [-0.2, 0) is 33.8 Å². The van der Waals surface area contributed by atoms with Gasteiger partial charge >= 0.3 is 0 Å². The van der Waals surface area contributed by atoms with Crippen molar-refractivity contribution in [1.82, 2.24) is 19.8 Å². The zero-order valence-corrected chi connectivity index (χ0v) is 44.4. The van der Waals surface area contributed by atoms with Crippen LogP contribution in [0.15, 0.2) is 108 Å². The average Bonchev–Trinajstić information content (AvgIpc) is 4.12. The van der Waals surface area contributed by atoms with Crippen LogP contribution >= 0.6 is 22.7 Å². The van der Waals surface area contributed by atoms with Gasteiger partial charge in [0.15, 0.2) is 4.91 Å². The quantitative estimate of drug-likeness (QED) is 0.0305. The van der Waals surface area contributed by atoms with Gasteiger partial charge in [-0.15, -0.1) is 22.7 Å². The van der Waals surface area contributed by atoms with Gasteiger partial charge in [0.05, 0.1) is 39.6 Å². The summed E-state index contributed by atoms with van der Waals surface area (Å²) in [5.74, 6) is -0.373. The van der Waals surface area contributed by atoms with E-state index in [9.17, 15) is 23.7 Å². The first-order chi connectivity index (χ1) is 35.5. The number of methoxy groups -OCH3 is 2. The summed E-state index contributed by atoms with van der Waals surface area (Å²) < 4.78 is 48.3. The van der Waals surface area contributed by atoms with Crippen LogP contribution in [0.2, 0.25) is 0 Å². The molecule has 6 aromatic rings. The Morgan fingerprint density at radius 3 is 1.56 bits per heavy atom. The third kappa shape index (κ3) is 15.3. The van der Waals surface area contributed by atoms with Gasteiger partial charge in [-0.1, -0.05) is 36.4 Å². The lowest BCUT2D eigenvalue weighted by atomic mass is 10.1. The molecule has 384 valence electrons. The number of allylic oxidation sites excluding steroid dienone is 3. The number of anilines is 2. The van der Waals surface area contributed by atoms with Crippen molar-refractivity contribution in [2.24, 2.45) is 0 Å². The highest BCUT2D eigenvalue weighted by atomic mass is 32.2. The highest BCUT2D eigenvalue weighted by molar-refractivity contribution is 7.93. The summed E-state index contributed by atoms with van der Waals surface area (Å²) >= 11 is 3.05. The van der Waals surface area contributed by atoms with Gasteiger partial charge in [-0.2, -0.15) is 10.5 Å². The Labute approximate surface area is 437 Å². The zero-order chi connectivity index (χ0) is 51.6. The maximum atomic E-state index is 12.6. The minimum atomic E-state index is -3.91. The molecule has 2 aliphatic heterocycles. The fraction of sp³-hybridized carbons (Fsp3) is 0.364. The average molecular weight is 1050 g/mol. The van der Waals surface area contributed by atoms with Gasteiger partial charge in [0, 0.05) is 111 Å². The molecule has 2 saturated heterocycles. The monoisotopic (exact) mass is 1040 g/mol. The van der Waals surface area contributed by atoms with Crippen molar-refractivity contribution >= 4 is 82.7 Å². The largest absolute Gasteiger partial charge is 0.384 e. The Kier molecular flexibility index (Phi) is 20.5. The molecule has 0 radical (unpaired) electrons. The minimum absolute atomic E-state index is 0.106. The first-order valence-corrected chi connectivity index (χ1v) is 27.5. The lowest BCUT2D eigenvalue weighted by Gasteiger charge is -2.26. The standard InChI is InChI=1S/C28H32N4O3S.C27H32N4O4S2/c1-20(25(19-29)28(33)31-10-14-34-2)26-7-8-27(36-26)23-4-3-22-18-24(6-5-21(22)17-23)30-9-11-32-12-15-35-16-13-32;1-20(27(19-28)37(32,33)30-10-14-34-2)25-7-8-26(36-25)23-4-3-22-18-24(6-5-21(22)17-23)29-9-11-31-12-15-35-16-13-31/h3-8,17-18,30H,9-16H2,1-2H3,(H,31,33);3-8,17-18,29-30H,9-16H2,1-2H3/b25-20+;27-20+. The van der Waals surface area contributed by atoms with Gasteiger partial charge in [0.25, 0.3) is 15.9 Å². The fourth-order valence-electron chi connectivity index (χ4n) is 8.36. The normalized spacial score (nSPS) is 15.1. The van der Waals surface area contributed by atoms with E-state index < -0.39 is 10.0 Å². The maximum absolute atomic E-state index is 12.6. The Bertz CT molecular complexity index is 3090. The fourth-order valence-corrected chi connectivity index (χ4v) is 11.6. The van der Waals surface area contributed by atoms with Crippen LogP contribution < -0.4 is 20.7 Å². The molecular formula is C55H64N8O7S3. The maximum Gasteiger partial charge on any atom is 0.262 e. The molecule has 0 unspecified atom stereocenters. The molecule has 18 heteroatoms. The molecule has 1 amide bonds. The first-order valence-electron chi connectivity index (χ1n) is 24.3. The number of nitrogens with zero attached hydrogens (tertiary/aromatic N) is 4. The molecule has 0 bridgehead atoms. The lowest BCUT2D eigenvalue weighted by molar-refractivity contribution is -0.117. The van der Waals surface area contributed by atoms with Gasteiger partial charge in [-0.3, -0.25) is 14.6 Å². The van der Waals surface area contributed by atoms with Crippen LogP contribution in [0.1, 0.15) is 23.6 Å². The molecule has 2 fully saturated rings. The summed E-state index contributed by atoms with van der Waals surface area (Å²) in [6, 6.07) is 37.3. The van der Waals surface area contributed by atoms with Crippen molar-refractivity contribution < 1.29 is 32.2 Å². The Morgan fingerprint density at radius 2 is 1.08 bits per heavy atom. The number of fused-ring (bicyclic) bond motifs is 2. The number of carbonyl (C=O) groups is 1. The molecule has 0 aliphatic carbocycles. The van der Waals surface area contributed by atoms with Crippen LogP contribution in [0.4, 0.5) is 11.4 Å². The van der Waals surface area contributed by atoms with Gasteiger partial charge in [0.1, 0.15) is 17.7 Å². The number of sulfonamides is 1. The van der Waals surface area contributed by atoms with Crippen LogP contribution in [0.3, 0.4) is 0 Å². The molecule has 0 saturated carbocycles. The van der Waals surface area contributed by atoms with E-state index in [0.717, 1.165) is 132 Å². The van der Waals surface area contributed by atoms with Gasteiger partial charge < -0.3 is 34.9 Å². The van der Waals surface area contributed by atoms with Crippen LogP contribution in [0.5, 0.6) is 0 Å². The van der Waals surface area contributed by atoms with Crippen LogP contribution in [-0.4, -0.2) is 143 Å². The molecule has 4 aromatic carbocycles. The Hall–Kier alpha value is -6.00. The summed E-state index contributed by atoms with van der Waals surface area (Å²) in [4.78, 5) is 20.7. The first kappa shape index (κ1) is 54.8. The number of benzene rings is 4. The molecule has 15 nitrogen and oxygen atoms in total. The van der Waals surface area contributed by atoms with Crippen molar-refractivity contribution in [3.8, 4) is 33.0 Å². The number of hydrogen-bond donors (Lipinski definition) is 4. The predicted octanol–water partition coefficient (Wildman–Crippen LogP) is 8.50. The highest BCUT2D eigenvalue weighted by Gasteiger charge is 2.22. The number of carbonyl (C=O) groups excluding carboxylic acids is 1. The summed E-state index contributed by atoms with van der Waals surface area (Å²) in [5.41, 5.74) is 5.61. The second kappa shape index (κ2) is 27.3. The molecule has 2 aromatic heterocycles. The number of morpholine rings is 2. The van der Waals surface area contributed by atoms with E-state index in [0.29, 0.717) is 24.3 Å². The van der Waals surface area contributed by atoms with Crippen molar-refractivity contribution in [2.45, 2.75) is 13.8 Å². The zero-order valence-electron chi connectivity index (χ0n) is 41.9.